The predicted octanol–water partition coefficient (Wildman–Crippen LogP) is 2.56. The molecule has 118 valence electrons. The number of aliphatic hydroxyl groups is 2. The Bertz CT molecular complexity index is 351. The molecule has 0 spiro atoms. The lowest BCUT2D eigenvalue weighted by molar-refractivity contribution is 0.268. The number of aryl methyl sites for hydroxylation is 1. The molecule has 2 rings (SSSR count). The molecule has 0 radical (unpaired) electrons. The van der Waals surface area contributed by atoms with Crippen LogP contribution in [0.15, 0.2) is 0 Å². The van der Waals surface area contributed by atoms with Gasteiger partial charge in [-0.05, 0) is 19.3 Å². The average molecular weight is 285 g/mol. The first-order valence-corrected chi connectivity index (χ1v) is 7.74. The molecule has 3 N–H and O–H groups in total. The van der Waals surface area contributed by atoms with E-state index in [9.17, 15) is 5.11 Å². The molecule has 0 unspecified atom stereocenters. The molecule has 1 aromatic rings. The number of nitrogens with zero attached hydrogens (tertiary/aromatic N) is 2. The molecule has 2 heterocycles. The fourth-order valence-corrected chi connectivity index (χ4v) is 2.23. The Morgan fingerprint density at radius 1 is 1.25 bits per heavy atom. The smallest absolute Gasteiger partial charge is 0.150 e. The molecule has 5 heteroatoms. The largest absolute Gasteiger partial charge is 0.400 e. The predicted molar refractivity (Wildman–Crippen MR) is 84.0 cm³/mol. The highest BCUT2D eigenvalue weighted by molar-refractivity contribution is 5.42. The molecule has 1 aliphatic heterocycles. The van der Waals surface area contributed by atoms with Crippen LogP contribution in [-0.4, -0.2) is 33.4 Å². The molecule has 5 nitrogen and oxygen atoms in total. The Morgan fingerprint density at radius 2 is 1.95 bits per heavy atom. The van der Waals surface area contributed by atoms with Crippen LogP contribution >= 0.6 is 0 Å². The first-order chi connectivity index (χ1) is 9.86. The SMILES string of the molecule is CC.CCCCNc1nc2n(c1CO)CCCC2.CO. The van der Waals surface area contributed by atoms with Crippen molar-refractivity contribution < 1.29 is 10.2 Å². The minimum atomic E-state index is 0.0848. The third kappa shape index (κ3) is 5.13. The van der Waals surface area contributed by atoms with E-state index in [0.29, 0.717) is 0 Å². The van der Waals surface area contributed by atoms with Gasteiger partial charge in [0.05, 0.1) is 12.3 Å². The summed E-state index contributed by atoms with van der Waals surface area (Å²) in [4.78, 5) is 4.59. The Hall–Kier alpha value is -1.07. The molecular formula is C15H31N3O2. The van der Waals surface area contributed by atoms with Gasteiger partial charge in [-0.2, -0.15) is 0 Å². The van der Waals surface area contributed by atoms with Gasteiger partial charge in [-0.3, -0.25) is 0 Å². The third-order valence-electron chi connectivity index (χ3n) is 3.16. The van der Waals surface area contributed by atoms with Crippen LogP contribution in [0.5, 0.6) is 0 Å². The van der Waals surface area contributed by atoms with E-state index in [1.165, 1.54) is 19.3 Å². The van der Waals surface area contributed by atoms with Crippen molar-refractivity contribution in [1.82, 2.24) is 9.55 Å². The molecule has 0 fully saturated rings. The first kappa shape index (κ1) is 18.9. The first-order valence-electron chi connectivity index (χ1n) is 7.74. The maximum Gasteiger partial charge on any atom is 0.150 e. The van der Waals surface area contributed by atoms with E-state index in [1.54, 1.807) is 0 Å². The lowest BCUT2D eigenvalue weighted by Gasteiger charge is -2.15. The van der Waals surface area contributed by atoms with E-state index in [2.05, 4.69) is 21.8 Å². The molecule has 1 aliphatic rings. The minimum Gasteiger partial charge on any atom is -0.400 e. The van der Waals surface area contributed by atoms with E-state index < -0.39 is 0 Å². The van der Waals surface area contributed by atoms with Gasteiger partial charge in [-0.25, -0.2) is 4.98 Å². The van der Waals surface area contributed by atoms with Gasteiger partial charge in [-0.15, -0.1) is 0 Å². The van der Waals surface area contributed by atoms with Gasteiger partial charge < -0.3 is 20.1 Å². The van der Waals surface area contributed by atoms with Crippen molar-refractivity contribution in [2.24, 2.45) is 0 Å². The van der Waals surface area contributed by atoms with Crippen molar-refractivity contribution in [3.05, 3.63) is 11.5 Å². The summed E-state index contributed by atoms with van der Waals surface area (Å²) in [6.45, 7) is 8.21. The van der Waals surface area contributed by atoms with Crippen LogP contribution in [0, 0.1) is 0 Å². The monoisotopic (exact) mass is 285 g/mol. The minimum absolute atomic E-state index is 0.0848. The van der Waals surface area contributed by atoms with Crippen LogP contribution in [-0.2, 0) is 19.6 Å². The third-order valence-corrected chi connectivity index (χ3v) is 3.16. The van der Waals surface area contributed by atoms with E-state index in [-0.39, 0.29) is 6.61 Å². The Kier molecular flexibility index (Phi) is 11.1. The van der Waals surface area contributed by atoms with Crippen molar-refractivity contribution in [3.8, 4) is 0 Å². The van der Waals surface area contributed by atoms with Gasteiger partial charge in [0.15, 0.2) is 0 Å². The normalized spacial score (nSPS) is 12.5. The molecule has 20 heavy (non-hydrogen) atoms. The Balaban J connectivity index is 0.000000829. The second-order valence-electron chi connectivity index (χ2n) is 4.37. The molecule has 0 saturated heterocycles. The van der Waals surface area contributed by atoms with Crippen molar-refractivity contribution >= 4 is 5.82 Å². The standard InChI is InChI=1S/C12H21N3O.C2H6.CH4O/c1-2-3-7-13-12-10(9-16)15-8-5-4-6-11(15)14-12;2*1-2/h13,16H,2-9H2,1H3;1-2H3;2H,1H3. The summed E-state index contributed by atoms with van der Waals surface area (Å²) in [7, 11) is 1.00. The number of hydrogen-bond acceptors (Lipinski definition) is 4. The van der Waals surface area contributed by atoms with Crippen LogP contribution in [0.2, 0.25) is 0 Å². The van der Waals surface area contributed by atoms with Crippen LogP contribution in [0.4, 0.5) is 5.82 Å². The molecule has 0 saturated carbocycles. The molecule has 0 amide bonds. The number of aromatic nitrogens is 2. The van der Waals surface area contributed by atoms with Crippen LogP contribution in [0.1, 0.15) is 58.0 Å². The summed E-state index contributed by atoms with van der Waals surface area (Å²) in [5.74, 6) is 2.03. The lowest BCUT2D eigenvalue weighted by atomic mass is 10.2. The van der Waals surface area contributed by atoms with Crippen molar-refractivity contribution in [3.63, 3.8) is 0 Å². The molecule has 0 aliphatic carbocycles. The lowest BCUT2D eigenvalue weighted by Crippen LogP contribution is -2.13. The fourth-order valence-electron chi connectivity index (χ4n) is 2.23. The van der Waals surface area contributed by atoms with Crippen LogP contribution in [0.3, 0.4) is 0 Å². The van der Waals surface area contributed by atoms with Crippen LogP contribution in [0.25, 0.3) is 0 Å². The highest BCUT2D eigenvalue weighted by atomic mass is 16.3. The van der Waals surface area contributed by atoms with Crippen molar-refractivity contribution in [1.29, 1.82) is 0 Å². The average Bonchev–Trinajstić information content (AvgIpc) is 2.89. The summed E-state index contributed by atoms with van der Waals surface area (Å²) >= 11 is 0. The molecule has 0 aromatic carbocycles. The van der Waals surface area contributed by atoms with Crippen molar-refractivity contribution in [2.45, 2.75) is 66.0 Å². The Labute approximate surface area is 123 Å². The maximum atomic E-state index is 9.42. The highest BCUT2D eigenvalue weighted by Crippen LogP contribution is 2.23. The zero-order valence-corrected chi connectivity index (χ0v) is 13.4. The molecule has 0 atom stereocenters. The molecule has 1 aromatic heterocycles. The van der Waals surface area contributed by atoms with Gasteiger partial charge in [0.1, 0.15) is 11.6 Å². The number of aliphatic hydroxyl groups excluding tert-OH is 2. The number of imidazole rings is 1. The summed E-state index contributed by atoms with van der Waals surface area (Å²) in [5.41, 5.74) is 0.964. The van der Waals surface area contributed by atoms with E-state index in [1.807, 2.05) is 13.8 Å². The van der Waals surface area contributed by atoms with Gasteiger partial charge in [-0.1, -0.05) is 27.2 Å². The molecule has 0 bridgehead atoms. The van der Waals surface area contributed by atoms with E-state index >= 15 is 0 Å². The van der Waals surface area contributed by atoms with E-state index in [4.69, 9.17) is 5.11 Å². The zero-order valence-electron chi connectivity index (χ0n) is 13.4. The van der Waals surface area contributed by atoms with Crippen LogP contribution < -0.4 is 5.32 Å². The fraction of sp³-hybridized carbons (Fsp3) is 0.800. The summed E-state index contributed by atoms with van der Waals surface area (Å²) < 4.78 is 2.18. The summed E-state index contributed by atoms with van der Waals surface area (Å²) in [6.07, 6.45) is 5.78. The van der Waals surface area contributed by atoms with Gasteiger partial charge in [0, 0.05) is 26.6 Å². The number of nitrogens with one attached hydrogen (secondary N) is 1. The Morgan fingerprint density at radius 3 is 2.55 bits per heavy atom. The number of hydrogen-bond donors (Lipinski definition) is 3. The molecular weight excluding hydrogens is 254 g/mol. The number of unbranched alkanes of at least 4 members (excludes halogenated alkanes) is 1. The van der Waals surface area contributed by atoms with Gasteiger partial charge in [0.2, 0.25) is 0 Å². The van der Waals surface area contributed by atoms with Gasteiger partial charge in [0.25, 0.3) is 0 Å². The number of fused-ring (bicyclic) bond motifs is 1. The number of rotatable bonds is 5. The topological polar surface area (TPSA) is 70.3 Å². The maximum absolute atomic E-state index is 9.42. The summed E-state index contributed by atoms with van der Waals surface area (Å²) in [5, 5.41) is 19.7. The summed E-state index contributed by atoms with van der Waals surface area (Å²) in [6, 6.07) is 0. The highest BCUT2D eigenvalue weighted by Gasteiger charge is 2.18. The second-order valence-corrected chi connectivity index (χ2v) is 4.37. The van der Waals surface area contributed by atoms with Crippen molar-refractivity contribution in [2.75, 3.05) is 19.0 Å². The van der Waals surface area contributed by atoms with Gasteiger partial charge >= 0.3 is 0 Å². The zero-order chi connectivity index (χ0) is 15.4. The van der Waals surface area contributed by atoms with E-state index in [0.717, 1.165) is 50.4 Å². The second kappa shape index (κ2) is 11.7. The quantitative estimate of drug-likeness (QED) is 0.727. The number of anilines is 1.